The summed E-state index contributed by atoms with van der Waals surface area (Å²) in [5.74, 6) is 0. The van der Waals surface area contributed by atoms with Crippen LogP contribution in [0.1, 0.15) is 45.1 Å². The Balaban J connectivity index is 2.80. The van der Waals surface area contributed by atoms with Crippen LogP contribution in [0.15, 0.2) is 36.9 Å². The monoisotopic (exact) mass is 296 g/mol. The number of hydrogen-bond donors (Lipinski definition) is 0. The van der Waals surface area contributed by atoms with Gasteiger partial charge in [0.15, 0.2) is 0 Å². The van der Waals surface area contributed by atoms with Crippen molar-refractivity contribution < 1.29 is 13.6 Å². The van der Waals surface area contributed by atoms with Crippen molar-refractivity contribution in [3.63, 3.8) is 0 Å². The highest BCUT2D eigenvalue weighted by molar-refractivity contribution is 7.65. The Morgan fingerprint density at radius 2 is 1.55 bits per heavy atom. The van der Waals surface area contributed by atoms with Crippen molar-refractivity contribution in [1.29, 1.82) is 0 Å². The van der Waals surface area contributed by atoms with Crippen LogP contribution in [0, 0.1) is 0 Å². The Hall–Kier alpha value is -0.890. The van der Waals surface area contributed by atoms with Crippen LogP contribution in [0.5, 0.6) is 0 Å². The van der Waals surface area contributed by atoms with Crippen LogP contribution < -0.4 is 0 Å². The molecule has 0 aliphatic rings. The zero-order valence-corrected chi connectivity index (χ0v) is 13.4. The van der Waals surface area contributed by atoms with Gasteiger partial charge < -0.3 is 9.05 Å². The summed E-state index contributed by atoms with van der Waals surface area (Å²) in [4.78, 5) is 0. The van der Waals surface area contributed by atoms with Crippen molar-refractivity contribution in [1.82, 2.24) is 0 Å². The van der Waals surface area contributed by atoms with E-state index in [1.807, 2.05) is 30.3 Å². The van der Waals surface area contributed by atoms with E-state index in [4.69, 9.17) is 9.05 Å². The van der Waals surface area contributed by atoms with E-state index in [0.717, 1.165) is 31.2 Å². The van der Waals surface area contributed by atoms with Gasteiger partial charge in [-0.1, -0.05) is 63.6 Å². The van der Waals surface area contributed by atoms with Gasteiger partial charge in [0.1, 0.15) is 0 Å². The Kier molecular flexibility index (Phi) is 7.83. The van der Waals surface area contributed by atoms with Crippen molar-refractivity contribution in [2.45, 2.75) is 39.5 Å². The molecule has 0 bridgehead atoms. The summed E-state index contributed by atoms with van der Waals surface area (Å²) in [5, 5.41) is 0.449. The first-order valence-corrected chi connectivity index (χ1v) is 8.82. The summed E-state index contributed by atoms with van der Waals surface area (Å²) in [6.45, 7) is 8.95. The van der Waals surface area contributed by atoms with E-state index >= 15 is 0 Å². The van der Waals surface area contributed by atoms with Gasteiger partial charge in [-0.3, -0.25) is 4.57 Å². The van der Waals surface area contributed by atoms with Gasteiger partial charge in [0, 0.05) is 0 Å². The number of unbranched alkanes of at least 4 members (excludes halogenated alkanes) is 2. The lowest BCUT2D eigenvalue weighted by molar-refractivity contribution is 0.209. The maximum absolute atomic E-state index is 12.9. The molecule has 0 N–H and O–H groups in total. The van der Waals surface area contributed by atoms with Crippen molar-refractivity contribution >= 4 is 12.9 Å². The normalized spacial score (nSPS) is 11.5. The molecule has 1 aromatic carbocycles. The van der Waals surface area contributed by atoms with Gasteiger partial charge in [0.05, 0.1) is 18.5 Å². The lowest BCUT2D eigenvalue weighted by Gasteiger charge is -2.20. The van der Waals surface area contributed by atoms with Gasteiger partial charge >= 0.3 is 7.60 Å². The molecule has 0 unspecified atom stereocenters. The highest BCUT2D eigenvalue weighted by Gasteiger charge is 2.29. The molecule has 0 aliphatic heterocycles. The fourth-order valence-corrected chi connectivity index (χ4v) is 3.23. The van der Waals surface area contributed by atoms with Gasteiger partial charge in [0.2, 0.25) is 0 Å². The largest absolute Gasteiger partial charge is 0.361 e. The molecule has 1 rings (SSSR count). The SMILES string of the molecule is C=C(c1ccccc1)P(=O)(OCCCC)OCCCC. The summed E-state index contributed by atoms with van der Waals surface area (Å²) in [6.07, 6.45) is 3.71. The first kappa shape index (κ1) is 17.2. The van der Waals surface area contributed by atoms with Crippen LogP contribution in [-0.4, -0.2) is 13.2 Å². The van der Waals surface area contributed by atoms with Gasteiger partial charge in [-0.2, -0.15) is 0 Å². The molecule has 112 valence electrons. The predicted octanol–water partition coefficient (Wildman–Crippen LogP) is 5.48. The summed E-state index contributed by atoms with van der Waals surface area (Å²) in [7, 11) is -3.29. The highest BCUT2D eigenvalue weighted by Crippen LogP contribution is 2.59. The second kappa shape index (κ2) is 9.12. The molecule has 0 aromatic heterocycles. The van der Waals surface area contributed by atoms with Crippen molar-refractivity contribution in [2.75, 3.05) is 13.2 Å². The number of benzene rings is 1. The summed E-state index contributed by atoms with van der Waals surface area (Å²) in [6, 6.07) is 9.45. The Morgan fingerprint density at radius 1 is 1.05 bits per heavy atom. The van der Waals surface area contributed by atoms with Crippen LogP contribution in [0.3, 0.4) is 0 Å². The average Bonchev–Trinajstić information content (AvgIpc) is 2.48. The maximum atomic E-state index is 12.9. The van der Waals surface area contributed by atoms with E-state index < -0.39 is 7.60 Å². The smallest absolute Gasteiger partial charge is 0.305 e. The minimum atomic E-state index is -3.29. The van der Waals surface area contributed by atoms with Crippen LogP contribution in [0.4, 0.5) is 0 Å². The molecule has 0 heterocycles. The maximum Gasteiger partial charge on any atom is 0.361 e. The summed E-state index contributed by atoms with van der Waals surface area (Å²) >= 11 is 0. The zero-order chi connectivity index (χ0) is 14.8. The molecule has 4 heteroatoms. The topological polar surface area (TPSA) is 35.5 Å². The minimum Gasteiger partial charge on any atom is -0.305 e. The third kappa shape index (κ3) is 5.24. The molecule has 0 atom stereocenters. The van der Waals surface area contributed by atoms with Gasteiger partial charge in [-0.15, -0.1) is 0 Å². The molecule has 0 fully saturated rings. The lowest BCUT2D eigenvalue weighted by Crippen LogP contribution is -2.01. The standard InChI is InChI=1S/C16H25O3P/c1-4-6-13-18-20(17,19-14-7-5-2)15(3)16-11-9-8-10-12-16/h8-12H,3-7,13-14H2,1-2H3. The Morgan fingerprint density at radius 3 is 2.00 bits per heavy atom. The summed E-state index contributed by atoms with van der Waals surface area (Å²) < 4.78 is 24.1. The van der Waals surface area contributed by atoms with E-state index in [0.29, 0.717) is 18.5 Å². The fourth-order valence-electron chi connectivity index (χ4n) is 1.64. The lowest BCUT2D eigenvalue weighted by atomic mass is 10.2. The molecule has 0 radical (unpaired) electrons. The van der Waals surface area contributed by atoms with E-state index in [1.165, 1.54) is 0 Å². The fraction of sp³-hybridized carbons (Fsp3) is 0.500. The van der Waals surface area contributed by atoms with E-state index in [2.05, 4.69) is 20.4 Å². The first-order valence-electron chi connectivity index (χ1n) is 7.28. The second-order valence-corrected chi connectivity index (χ2v) is 6.73. The molecule has 0 spiro atoms. The van der Waals surface area contributed by atoms with Crippen LogP contribution >= 0.6 is 7.60 Å². The quantitative estimate of drug-likeness (QED) is 0.423. The van der Waals surface area contributed by atoms with Crippen LogP contribution in [-0.2, 0) is 13.6 Å². The van der Waals surface area contributed by atoms with Crippen LogP contribution in [0.2, 0.25) is 0 Å². The van der Waals surface area contributed by atoms with Crippen LogP contribution in [0.25, 0.3) is 5.31 Å². The average molecular weight is 296 g/mol. The zero-order valence-electron chi connectivity index (χ0n) is 12.5. The molecule has 0 saturated carbocycles. The minimum absolute atomic E-state index is 0.436. The van der Waals surface area contributed by atoms with Gasteiger partial charge in [-0.05, 0) is 18.4 Å². The van der Waals surface area contributed by atoms with E-state index in [9.17, 15) is 4.57 Å². The molecule has 0 saturated heterocycles. The molecular formula is C16H25O3P. The highest BCUT2D eigenvalue weighted by atomic mass is 31.2. The molecule has 3 nitrogen and oxygen atoms in total. The molecule has 0 amide bonds. The second-order valence-electron chi connectivity index (χ2n) is 4.68. The predicted molar refractivity (Wildman–Crippen MR) is 84.8 cm³/mol. The molecule has 20 heavy (non-hydrogen) atoms. The Labute approximate surface area is 122 Å². The van der Waals surface area contributed by atoms with Crippen molar-refractivity contribution in [3.05, 3.63) is 42.5 Å². The molecule has 0 aliphatic carbocycles. The van der Waals surface area contributed by atoms with E-state index in [1.54, 1.807) is 0 Å². The van der Waals surface area contributed by atoms with Gasteiger partial charge in [0.25, 0.3) is 0 Å². The molecule has 1 aromatic rings. The first-order chi connectivity index (χ1) is 9.64. The van der Waals surface area contributed by atoms with Crippen molar-refractivity contribution in [3.8, 4) is 0 Å². The number of hydrogen-bond acceptors (Lipinski definition) is 3. The number of rotatable bonds is 10. The van der Waals surface area contributed by atoms with Gasteiger partial charge in [-0.25, -0.2) is 0 Å². The third-order valence-corrected chi connectivity index (χ3v) is 4.92. The molecular weight excluding hydrogens is 271 g/mol. The third-order valence-electron chi connectivity index (χ3n) is 2.96. The Bertz CT molecular complexity index is 428. The van der Waals surface area contributed by atoms with E-state index in [-0.39, 0.29) is 0 Å². The summed E-state index contributed by atoms with van der Waals surface area (Å²) in [5.41, 5.74) is 0.809. The van der Waals surface area contributed by atoms with Crippen molar-refractivity contribution in [2.24, 2.45) is 0 Å².